The summed E-state index contributed by atoms with van der Waals surface area (Å²) in [5.41, 5.74) is 1.97. The van der Waals surface area contributed by atoms with Crippen molar-refractivity contribution in [3.05, 3.63) is 59.7 Å². The van der Waals surface area contributed by atoms with E-state index in [1.807, 2.05) is 64.1 Å². The van der Waals surface area contributed by atoms with E-state index in [4.69, 9.17) is 4.74 Å². The number of benzene rings is 2. The van der Waals surface area contributed by atoms with Gasteiger partial charge in [0.25, 0.3) is 0 Å². The summed E-state index contributed by atoms with van der Waals surface area (Å²) in [6, 6.07) is 13.9. The number of carbonyl (C=O) groups is 2. The van der Waals surface area contributed by atoms with E-state index in [1.54, 1.807) is 26.2 Å². The number of sulfonamides is 1. The van der Waals surface area contributed by atoms with Gasteiger partial charge < -0.3 is 15.0 Å². The third kappa shape index (κ3) is 8.86. The van der Waals surface area contributed by atoms with Gasteiger partial charge in [0.2, 0.25) is 21.8 Å². The minimum absolute atomic E-state index is 0.0922. The van der Waals surface area contributed by atoms with Crippen molar-refractivity contribution < 1.29 is 22.7 Å². The van der Waals surface area contributed by atoms with Crippen LogP contribution in [0.5, 0.6) is 5.75 Å². The molecule has 9 heteroatoms. The molecule has 0 heterocycles. The first kappa shape index (κ1) is 29.2. The van der Waals surface area contributed by atoms with Crippen molar-refractivity contribution in [2.24, 2.45) is 0 Å². The van der Waals surface area contributed by atoms with Crippen molar-refractivity contribution in [1.29, 1.82) is 0 Å². The van der Waals surface area contributed by atoms with E-state index in [0.29, 0.717) is 17.9 Å². The first-order valence-electron chi connectivity index (χ1n) is 12.0. The Morgan fingerprint density at radius 2 is 1.72 bits per heavy atom. The number of methoxy groups -OCH3 is 1. The van der Waals surface area contributed by atoms with Crippen LogP contribution >= 0.6 is 0 Å². The summed E-state index contributed by atoms with van der Waals surface area (Å²) in [4.78, 5) is 27.8. The van der Waals surface area contributed by atoms with Crippen molar-refractivity contribution in [3.63, 3.8) is 0 Å². The van der Waals surface area contributed by atoms with Crippen LogP contribution in [0.3, 0.4) is 0 Å². The lowest BCUT2D eigenvalue weighted by atomic mass is 10.1. The monoisotopic (exact) mass is 517 g/mol. The molecule has 36 heavy (non-hydrogen) atoms. The van der Waals surface area contributed by atoms with Crippen molar-refractivity contribution in [3.8, 4) is 5.75 Å². The highest BCUT2D eigenvalue weighted by Crippen LogP contribution is 2.21. The largest absolute Gasteiger partial charge is 0.497 e. The topological polar surface area (TPSA) is 96.0 Å². The molecule has 1 atom stereocenters. The zero-order chi connectivity index (χ0) is 27.1. The van der Waals surface area contributed by atoms with Crippen LogP contribution in [0.25, 0.3) is 0 Å². The van der Waals surface area contributed by atoms with Gasteiger partial charge >= 0.3 is 0 Å². The van der Waals surface area contributed by atoms with Crippen LogP contribution in [0.2, 0.25) is 0 Å². The van der Waals surface area contributed by atoms with Crippen LogP contribution in [0.4, 0.5) is 5.69 Å². The molecule has 0 fully saturated rings. The van der Waals surface area contributed by atoms with Crippen LogP contribution in [0.1, 0.15) is 51.7 Å². The molecule has 0 aromatic heterocycles. The van der Waals surface area contributed by atoms with E-state index in [-0.39, 0.29) is 31.3 Å². The van der Waals surface area contributed by atoms with E-state index < -0.39 is 21.6 Å². The smallest absolute Gasteiger partial charge is 0.242 e. The Balaban J connectivity index is 2.20. The molecule has 0 aliphatic heterocycles. The molecule has 0 radical (unpaired) electrons. The lowest BCUT2D eigenvalue weighted by Crippen LogP contribution is -2.52. The van der Waals surface area contributed by atoms with E-state index in [0.717, 1.165) is 17.4 Å². The number of nitrogens with one attached hydrogen (secondary N) is 1. The summed E-state index contributed by atoms with van der Waals surface area (Å²) in [5, 5.41) is 2.94. The van der Waals surface area contributed by atoms with Gasteiger partial charge in [-0.2, -0.15) is 0 Å². The maximum atomic E-state index is 13.4. The maximum absolute atomic E-state index is 13.4. The summed E-state index contributed by atoms with van der Waals surface area (Å²) < 4.78 is 31.5. The first-order chi connectivity index (χ1) is 16.7. The van der Waals surface area contributed by atoms with E-state index in [2.05, 4.69) is 5.32 Å². The molecule has 1 unspecified atom stereocenters. The van der Waals surface area contributed by atoms with Gasteiger partial charge in [0.15, 0.2) is 0 Å². The number of hydrogen-bond acceptors (Lipinski definition) is 5. The summed E-state index contributed by atoms with van der Waals surface area (Å²) in [6.07, 6.45) is 1.56. The Morgan fingerprint density at radius 3 is 2.28 bits per heavy atom. The lowest BCUT2D eigenvalue weighted by Gasteiger charge is -2.32. The predicted octanol–water partition coefficient (Wildman–Crippen LogP) is 3.88. The van der Waals surface area contributed by atoms with Crippen molar-refractivity contribution in [2.75, 3.05) is 24.2 Å². The Labute approximate surface area is 215 Å². The quantitative estimate of drug-likeness (QED) is 0.488. The molecule has 2 amide bonds. The molecule has 2 aromatic rings. The normalized spacial score (nSPS) is 12.5. The van der Waals surface area contributed by atoms with E-state index in [9.17, 15) is 18.0 Å². The van der Waals surface area contributed by atoms with Gasteiger partial charge in [-0.3, -0.25) is 13.9 Å². The Kier molecular flexibility index (Phi) is 9.93. The van der Waals surface area contributed by atoms with Gasteiger partial charge in [0.05, 0.1) is 19.1 Å². The van der Waals surface area contributed by atoms with E-state index in [1.165, 1.54) is 9.21 Å². The van der Waals surface area contributed by atoms with Gasteiger partial charge in [0, 0.05) is 25.0 Å². The molecular formula is C27H39N3O5S. The Bertz CT molecular complexity index is 1140. The fourth-order valence-electron chi connectivity index (χ4n) is 3.74. The molecule has 0 aliphatic rings. The Hall–Kier alpha value is -3.07. The minimum Gasteiger partial charge on any atom is -0.497 e. The second-order valence-electron chi connectivity index (χ2n) is 10.1. The van der Waals surface area contributed by atoms with E-state index >= 15 is 0 Å². The molecule has 0 saturated carbocycles. The average molecular weight is 518 g/mol. The van der Waals surface area contributed by atoms with Gasteiger partial charge in [0.1, 0.15) is 11.8 Å². The molecule has 2 aromatic carbocycles. The number of nitrogens with zero attached hydrogens (tertiary/aromatic N) is 2. The van der Waals surface area contributed by atoms with Gasteiger partial charge in [-0.1, -0.05) is 29.8 Å². The van der Waals surface area contributed by atoms with Gasteiger partial charge in [-0.25, -0.2) is 8.42 Å². The van der Waals surface area contributed by atoms with Gasteiger partial charge in [-0.15, -0.1) is 0 Å². The summed E-state index contributed by atoms with van der Waals surface area (Å²) in [7, 11) is -1.95. The van der Waals surface area contributed by atoms with Crippen molar-refractivity contribution in [2.45, 2.75) is 65.6 Å². The molecule has 0 spiro atoms. The number of amides is 2. The predicted molar refractivity (Wildman–Crippen MR) is 144 cm³/mol. The fraction of sp³-hybridized carbons (Fsp3) is 0.481. The molecule has 198 valence electrons. The van der Waals surface area contributed by atoms with Crippen LogP contribution in [-0.4, -0.2) is 56.6 Å². The maximum Gasteiger partial charge on any atom is 0.242 e. The SMILES string of the molecule is COc1cccc(CN(C(=O)CCCN(c2ccc(C)cc2)S(C)(=O)=O)C(C)C(=O)NC(C)(C)C)c1. The second-order valence-corrected chi connectivity index (χ2v) is 12.0. The van der Waals surface area contributed by atoms with Crippen LogP contribution in [0.15, 0.2) is 48.5 Å². The standard InChI is InChI=1S/C27H39N3O5S/c1-20-13-15-23(16-14-20)30(36(7,33)34)17-9-12-25(31)29(21(2)26(32)28-27(3,4)5)19-22-10-8-11-24(18-22)35-6/h8,10-11,13-16,18,21H,9,12,17,19H2,1-7H3,(H,28,32). The third-order valence-electron chi connectivity index (χ3n) is 5.63. The van der Waals surface area contributed by atoms with Crippen molar-refractivity contribution in [1.82, 2.24) is 10.2 Å². The average Bonchev–Trinajstić information content (AvgIpc) is 2.78. The van der Waals surface area contributed by atoms with Crippen molar-refractivity contribution >= 4 is 27.5 Å². The third-order valence-corrected chi connectivity index (χ3v) is 6.82. The number of carbonyl (C=O) groups excluding carboxylic acids is 2. The Morgan fingerprint density at radius 1 is 1.08 bits per heavy atom. The molecule has 0 saturated heterocycles. The number of aryl methyl sites for hydroxylation is 1. The molecule has 1 N–H and O–H groups in total. The fourth-order valence-corrected chi connectivity index (χ4v) is 4.70. The molecular weight excluding hydrogens is 478 g/mol. The zero-order valence-corrected chi connectivity index (χ0v) is 23.2. The molecule has 0 aliphatic carbocycles. The highest BCUT2D eigenvalue weighted by Gasteiger charge is 2.28. The summed E-state index contributed by atoms with van der Waals surface area (Å²) in [5.74, 6) is 0.177. The van der Waals surface area contributed by atoms with Gasteiger partial charge in [-0.05, 0) is 70.9 Å². The van der Waals surface area contributed by atoms with Crippen LogP contribution in [-0.2, 0) is 26.2 Å². The minimum atomic E-state index is -3.52. The second kappa shape index (κ2) is 12.3. The summed E-state index contributed by atoms with van der Waals surface area (Å²) >= 11 is 0. The number of ether oxygens (including phenoxy) is 1. The lowest BCUT2D eigenvalue weighted by molar-refractivity contribution is -0.141. The molecule has 0 bridgehead atoms. The van der Waals surface area contributed by atoms with Crippen LogP contribution in [0, 0.1) is 6.92 Å². The zero-order valence-electron chi connectivity index (χ0n) is 22.4. The number of rotatable bonds is 11. The highest BCUT2D eigenvalue weighted by molar-refractivity contribution is 7.92. The number of hydrogen-bond donors (Lipinski definition) is 1. The molecule has 2 rings (SSSR count). The van der Waals surface area contributed by atoms with Crippen LogP contribution < -0.4 is 14.4 Å². The first-order valence-corrected chi connectivity index (χ1v) is 13.8. The molecule has 8 nitrogen and oxygen atoms in total. The highest BCUT2D eigenvalue weighted by atomic mass is 32.2. The summed E-state index contributed by atoms with van der Waals surface area (Å²) in [6.45, 7) is 9.67. The number of anilines is 1.